The van der Waals surface area contributed by atoms with Gasteiger partial charge in [0.2, 0.25) is 5.91 Å². The summed E-state index contributed by atoms with van der Waals surface area (Å²) in [5.74, 6) is 0.734. The number of hydrogen-bond donors (Lipinski definition) is 3. The van der Waals surface area contributed by atoms with Crippen LogP contribution in [0.25, 0.3) is 0 Å². The lowest BCUT2D eigenvalue weighted by Gasteiger charge is -2.11. The summed E-state index contributed by atoms with van der Waals surface area (Å²) < 4.78 is 5.11. The normalized spacial score (nSPS) is 10.2. The van der Waals surface area contributed by atoms with Crippen molar-refractivity contribution < 1.29 is 9.53 Å². The highest BCUT2D eigenvalue weighted by atomic mass is 35.5. The van der Waals surface area contributed by atoms with Crippen LogP contribution in [0.1, 0.15) is 0 Å². The van der Waals surface area contributed by atoms with E-state index in [1.165, 1.54) is 11.8 Å². The molecule has 0 unspecified atom stereocenters. The fourth-order valence-corrected chi connectivity index (χ4v) is 3.73. The molecule has 0 aliphatic rings. The van der Waals surface area contributed by atoms with Gasteiger partial charge in [0, 0.05) is 22.0 Å². The smallest absolute Gasteiger partial charge is 0.234 e. The second kappa shape index (κ2) is 10.9. The first-order chi connectivity index (χ1) is 14.5. The maximum absolute atomic E-state index is 12.2. The van der Waals surface area contributed by atoms with E-state index in [-0.39, 0.29) is 11.7 Å². The molecule has 0 bridgehead atoms. The van der Waals surface area contributed by atoms with Gasteiger partial charge in [-0.15, -0.1) is 11.8 Å². The van der Waals surface area contributed by atoms with Gasteiger partial charge >= 0.3 is 0 Å². The van der Waals surface area contributed by atoms with Gasteiger partial charge in [-0.2, -0.15) is 0 Å². The molecule has 8 heteroatoms. The number of methoxy groups -OCH3 is 1. The minimum Gasteiger partial charge on any atom is -0.495 e. The molecule has 3 N–H and O–H groups in total. The van der Waals surface area contributed by atoms with Crippen LogP contribution in [-0.4, -0.2) is 23.9 Å². The monoisotopic (exact) mass is 457 g/mol. The highest BCUT2D eigenvalue weighted by Gasteiger charge is 2.07. The molecule has 3 rings (SSSR count). The van der Waals surface area contributed by atoms with Gasteiger partial charge in [0.1, 0.15) is 5.75 Å². The molecule has 0 aliphatic carbocycles. The van der Waals surface area contributed by atoms with Gasteiger partial charge in [-0.05, 0) is 66.8 Å². The van der Waals surface area contributed by atoms with E-state index in [1.807, 2.05) is 54.6 Å². The summed E-state index contributed by atoms with van der Waals surface area (Å²) in [7, 11) is 1.55. The van der Waals surface area contributed by atoms with Crippen molar-refractivity contribution in [2.75, 3.05) is 28.8 Å². The third-order valence-corrected chi connectivity index (χ3v) is 5.46. The molecule has 0 fully saturated rings. The number of carbonyl (C=O) groups is 1. The van der Waals surface area contributed by atoms with E-state index in [4.69, 9.17) is 28.6 Å². The van der Waals surface area contributed by atoms with Crippen LogP contribution in [0, 0.1) is 0 Å². The molecule has 0 radical (unpaired) electrons. The van der Waals surface area contributed by atoms with Gasteiger partial charge in [0.15, 0.2) is 5.11 Å². The van der Waals surface area contributed by atoms with E-state index in [1.54, 1.807) is 25.3 Å². The Bertz CT molecular complexity index is 1010. The second-order valence-corrected chi connectivity index (χ2v) is 8.02. The topological polar surface area (TPSA) is 62.4 Å². The molecular formula is C22H20ClN3O2S2. The molecule has 0 saturated heterocycles. The molecule has 154 valence electrons. The quantitative estimate of drug-likeness (QED) is 0.304. The molecule has 0 aromatic heterocycles. The molecular weight excluding hydrogens is 438 g/mol. The van der Waals surface area contributed by atoms with Crippen molar-refractivity contribution in [3.05, 3.63) is 77.8 Å². The minimum absolute atomic E-state index is 0.114. The number of halogens is 1. The Labute approximate surface area is 190 Å². The lowest BCUT2D eigenvalue weighted by atomic mass is 10.3. The number of para-hydroxylation sites is 1. The first-order valence-electron chi connectivity index (χ1n) is 9.03. The lowest BCUT2D eigenvalue weighted by molar-refractivity contribution is -0.113. The molecule has 0 aliphatic heterocycles. The third-order valence-electron chi connectivity index (χ3n) is 3.95. The van der Waals surface area contributed by atoms with Gasteiger partial charge in [0.05, 0.1) is 17.9 Å². The van der Waals surface area contributed by atoms with Crippen LogP contribution >= 0.6 is 35.6 Å². The molecule has 1 amide bonds. The Balaban J connectivity index is 1.46. The first kappa shape index (κ1) is 22.0. The zero-order valence-corrected chi connectivity index (χ0v) is 18.5. The largest absolute Gasteiger partial charge is 0.495 e. The Morgan fingerprint density at radius 2 is 1.57 bits per heavy atom. The van der Waals surface area contributed by atoms with E-state index in [0.29, 0.717) is 21.6 Å². The van der Waals surface area contributed by atoms with Crippen molar-refractivity contribution in [1.82, 2.24) is 0 Å². The van der Waals surface area contributed by atoms with Crippen LogP contribution in [0.15, 0.2) is 77.7 Å². The standard InChI is InChI=1S/C22H20ClN3O2S2/c1-28-20-12-9-17(13-19(20)23)24-21(27)14-30-18-10-7-16(8-11-18)26-22(29)25-15-5-3-2-4-6-15/h2-13H,14H2,1H3,(H,24,27)(H2,25,26,29). The van der Waals surface area contributed by atoms with Crippen molar-refractivity contribution >= 4 is 63.7 Å². The van der Waals surface area contributed by atoms with Gasteiger partial charge in [-0.3, -0.25) is 4.79 Å². The molecule has 0 saturated carbocycles. The van der Waals surface area contributed by atoms with Crippen LogP contribution in [-0.2, 0) is 4.79 Å². The number of benzene rings is 3. The van der Waals surface area contributed by atoms with Crippen molar-refractivity contribution in [2.24, 2.45) is 0 Å². The molecule has 30 heavy (non-hydrogen) atoms. The van der Waals surface area contributed by atoms with Crippen molar-refractivity contribution in [3.8, 4) is 5.75 Å². The fourth-order valence-electron chi connectivity index (χ4n) is 2.54. The van der Waals surface area contributed by atoms with Crippen molar-refractivity contribution in [2.45, 2.75) is 4.90 Å². The predicted octanol–water partition coefficient (Wildman–Crippen LogP) is 5.89. The molecule has 0 atom stereocenters. The van der Waals surface area contributed by atoms with Crippen LogP contribution in [0.2, 0.25) is 5.02 Å². The molecule has 0 heterocycles. The number of nitrogens with one attached hydrogen (secondary N) is 3. The predicted molar refractivity (Wildman–Crippen MR) is 130 cm³/mol. The number of thioether (sulfide) groups is 1. The van der Waals surface area contributed by atoms with Crippen LogP contribution < -0.4 is 20.7 Å². The summed E-state index contributed by atoms with van der Waals surface area (Å²) in [6.45, 7) is 0. The molecule has 3 aromatic carbocycles. The maximum Gasteiger partial charge on any atom is 0.234 e. The van der Waals surface area contributed by atoms with Crippen molar-refractivity contribution in [3.63, 3.8) is 0 Å². The number of rotatable bonds is 7. The summed E-state index contributed by atoms with van der Waals surface area (Å²) in [5, 5.41) is 10.1. The molecule has 3 aromatic rings. The average molecular weight is 458 g/mol. The van der Waals surface area contributed by atoms with Gasteiger partial charge in [-0.25, -0.2) is 0 Å². The SMILES string of the molecule is COc1ccc(NC(=O)CSc2ccc(NC(=S)Nc3ccccc3)cc2)cc1Cl. The Morgan fingerprint density at radius 1 is 0.933 bits per heavy atom. The Kier molecular flexibility index (Phi) is 7.96. The average Bonchev–Trinajstić information content (AvgIpc) is 2.74. The maximum atomic E-state index is 12.2. The number of anilines is 3. The second-order valence-electron chi connectivity index (χ2n) is 6.16. The minimum atomic E-state index is -0.114. The summed E-state index contributed by atoms with van der Waals surface area (Å²) in [6.07, 6.45) is 0. The van der Waals surface area contributed by atoms with E-state index in [0.717, 1.165) is 16.3 Å². The van der Waals surface area contributed by atoms with Crippen LogP contribution in [0.4, 0.5) is 17.1 Å². The van der Waals surface area contributed by atoms with E-state index < -0.39 is 0 Å². The fraction of sp³-hybridized carbons (Fsp3) is 0.0909. The Hall–Kier alpha value is -2.74. The zero-order chi connectivity index (χ0) is 21.3. The number of thiocarbonyl (C=S) groups is 1. The molecule has 5 nitrogen and oxygen atoms in total. The van der Waals surface area contributed by atoms with E-state index >= 15 is 0 Å². The number of ether oxygens (including phenoxy) is 1. The van der Waals surface area contributed by atoms with E-state index in [9.17, 15) is 4.79 Å². The number of hydrogen-bond acceptors (Lipinski definition) is 4. The Morgan fingerprint density at radius 3 is 2.20 bits per heavy atom. The van der Waals surface area contributed by atoms with Gasteiger partial charge in [-0.1, -0.05) is 29.8 Å². The van der Waals surface area contributed by atoms with Gasteiger partial charge in [0.25, 0.3) is 0 Å². The summed E-state index contributed by atoms with van der Waals surface area (Å²) >= 11 is 12.9. The highest BCUT2D eigenvalue weighted by molar-refractivity contribution is 8.00. The van der Waals surface area contributed by atoms with Crippen LogP contribution in [0.3, 0.4) is 0 Å². The zero-order valence-electron chi connectivity index (χ0n) is 16.1. The first-order valence-corrected chi connectivity index (χ1v) is 10.8. The molecule has 0 spiro atoms. The summed E-state index contributed by atoms with van der Waals surface area (Å²) in [4.78, 5) is 13.2. The summed E-state index contributed by atoms with van der Waals surface area (Å²) in [6, 6.07) is 22.6. The van der Waals surface area contributed by atoms with Gasteiger partial charge < -0.3 is 20.7 Å². The highest BCUT2D eigenvalue weighted by Crippen LogP contribution is 2.27. The summed E-state index contributed by atoms with van der Waals surface area (Å²) in [5.41, 5.74) is 2.42. The third kappa shape index (κ3) is 6.66. The number of carbonyl (C=O) groups excluding carboxylic acids is 1. The van der Waals surface area contributed by atoms with Crippen LogP contribution in [0.5, 0.6) is 5.75 Å². The lowest BCUT2D eigenvalue weighted by Crippen LogP contribution is -2.18. The van der Waals surface area contributed by atoms with E-state index in [2.05, 4.69) is 16.0 Å². The number of amides is 1. The van der Waals surface area contributed by atoms with Crippen molar-refractivity contribution in [1.29, 1.82) is 0 Å².